The molecule has 0 aliphatic carbocycles. The van der Waals surface area contributed by atoms with Crippen molar-refractivity contribution in [1.82, 2.24) is 5.32 Å². The highest BCUT2D eigenvalue weighted by molar-refractivity contribution is 7.10. The summed E-state index contributed by atoms with van der Waals surface area (Å²) in [5.41, 5.74) is 2.56. The summed E-state index contributed by atoms with van der Waals surface area (Å²) in [5.74, 6) is 0.0461. The zero-order chi connectivity index (χ0) is 15.2. The largest absolute Gasteiger partial charge is 0.325 e. The van der Waals surface area contributed by atoms with E-state index in [-0.39, 0.29) is 11.9 Å². The van der Waals surface area contributed by atoms with Crippen molar-refractivity contribution in [2.75, 3.05) is 12.4 Å². The molecule has 1 aliphatic heterocycles. The molecule has 1 amide bonds. The molecule has 2 heterocycles. The first-order valence-corrected chi connectivity index (χ1v) is 8.07. The molecule has 110 valence electrons. The number of anilines is 1. The minimum atomic E-state index is -0.497. The van der Waals surface area contributed by atoms with Gasteiger partial charge in [0.25, 0.3) is 0 Å². The van der Waals surface area contributed by atoms with Crippen LogP contribution in [0.15, 0.2) is 29.6 Å². The molecule has 0 radical (unpaired) electrons. The van der Waals surface area contributed by atoms with Crippen LogP contribution in [0.25, 0.3) is 0 Å². The number of benzene rings is 1. The second-order valence-corrected chi connectivity index (χ2v) is 7.09. The number of nitrogens with one attached hydrogen (secondary N) is 2. The molecule has 21 heavy (non-hydrogen) atoms. The standard InChI is InChI=1S/C16H17ClN2OS/c1-16(2)10-8-9(4-5-12(10)19-15(16)20)13(18-3)14-11(17)6-7-21-14/h4-8,13,18H,1-3H3,(H,19,20). The SMILES string of the molecule is CNC(c1ccc2c(c1)C(C)(C)C(=O)N2)c1sccc1Cl. The van der Waals surface area contributed by atoms with E-state index in [0.717, 1.165) is 26.7 Å². The van der Waals surface area contributed by atoms with Crippen LogP contribution in [0, 0.1) is 0 Å². The van der Waals surface area contributed by atoms with Crippen LogP contribution in [0.4, 0.5) is 5.69 Å². The Hall–Kier alpha value is -1.36. The van der Waals surface area contributed by atoms with Crippen molar-refractivity contribution in [3.63, 3.8) is 0 Å². The molecule has 1 unspecified atom stereocenters. The first-order chi connectivity index (χ1) is 9.95. The van der Waals surface area contributed by atoms with Gasteiger partial charge in [0.1, 0.15) is 0 Å². The van der Waals surface area contributed by atoms with Gasteiger partial charge >= 0.3 is 0 Å². The van der Waals surface area contributed by atoms with Crippen molar-refractivity contribution in [2.24, 2.45) is 0 Å². The van der Waals surface area contributed by atoms with E-state index in [9.17, 15) is 4.79 Å². The van der Waals surface area contributed by atoms with E-state index in [1.54, 1.807) is 11.3 Å². The molecule has 0 saturated carbocycles. The van der Waals surface area contributed by atoms with Crippen molar-refractivity contribution in [3.8, 4) is 0 Å². The second-order valence-electron chi connectivity index (χ2n) is 5.74. The highest BCUT2D eigenvalue weighted by atomic mass is 35.5. The zero-order valence-corrected chi connectivity index (χ0v) is 13.7. The van der Waals surface area contributed by atoms with E-state index in [0.29, 0.717) is 0 Å². The summed E-state index contributed by atoms with van der Waals surface area (Å²) in [6.45, 7) is 3.90. The van der Waals surface area contributed by atoms with E-state index in [1.165, 1.54) is 0 Å². The van der Waals surface area contributed by atoms with Gasteiger partial charge in [-0.05, 0) is 49.5 Å². The average Bonchev–Trinajstić information content (AvgIpc) is 2.95. The molecule has 2 N–H and O–H groups in total. The Bertz CT molecular complexity index is 708. The second kappa shape index (κ2) is 5.13. The maximum Gasteiger partial charge on any atom is 0.234 e. The maximum atomic E-state index is 12.0. The fraction of sp³-hybridized carbons (Fsp3) is 0.312. The summed E-state index contributed by atoms with van der Waals surface area (Å²) >= 11 is 7.90. The van der Waals surface area contributed by atoms with Crippen LogP contribution in [-0.2, 0) is 10.2 Å². The highest BCUT2D eigenvalue weighted by Crippen LogP contribution is 2.40. The normalized spacial score (nSPS) is 17.4. The molecule has 0 bridgehead atoms. The van der Waals surface area contributed by atoms with Crippen LogP contribution in [0.3, 0.4) is 0 Å². The molecular formula is C16H17ClN2OS. The van der Waals surface area contributed by atoms with Gasteiger partial charge in [0.15, 0.2) is 0 Å². The Morgan fingerprint density at radius 3 is 2.71 bits per heavy atom. The highest BCUT2D eigenvalue weighted by Gasteiger charge is 2.38. The van der Waals surface area contributed by atoms with Crippen molar-refractivity contribution >= 4 is 34.5 Å². The van der Waals surface area contributed by atoms with Gasteiger partial charge in [-0.1, -0.05) is 23.7 Å². The first kappa shape index (κ1) is 14.6. The van der Waals surface area contributed by atoms with Crippen LogP contribution >= 0.6 is 22.9 Å². The lowest BCUT2D eigenvalue weighted by molar-refractivity contribution is -0.119. The number of fused-ring (bicyclic) bond motifs is 1. The smallest absolute Gasteiger partial charge is 0.234 e. The molecule has 0 saturated heterocycles. The first-order valence-electron chi connectivity index (χ1n) is 6.81. The van der Waals surface area contributed by atoms with Crippen LogP contribution < -0.4 is 10.6 Å². The fourth-order valence-electron chi connectivity index (χ4n) is 2.73. The lowest BCUT2D eigenvalue weighted by atomic mass is 9.84. The molecule has 1 aromatic carbocycles. The topological polar surface area (TPSA) is 41.1 Å². The summed E-state index contributed by atoms with van der Waals surface area (Å²) in [6, 6.07) is 8.06. The van der Waals surface area contributed by atoms with Crippen LogP contribution in [0.5, 0.6) is 0 Å². The summed E-state index contributed by atoms with van der Waals surface area (Å²) < 4.78 is 0. The molecule has 0 spiro atoms. The van der Waals surface area contributed by atoms with Gasteiger partial charge in [-0.15, -0.1) is 11.3 Å². The lowest BCUT2D eigenvalue weighted by Crippen LogP contribution is -2.27. The maximum absolute atomic E-state index is 12.0. The number of rotatable bonds is 3. The number of thiophene rings is 1. The number of carbonyl (C=O) groups excluding carboxylic acids is 1. The molecule has 1 aromatic heterocycles. The van der Waals surface area contributed by atoms with E-state index in [4.69, 9.17) is 11.6 Å². The monoisotopic (exact) mass is 320 g/mol. The number of amides is 1. The number of hydrogen-bond donors (Lipinski definition) is 2. The van der Waals surface area contributed by atoms with Gasteiger partial charge in [0.2, 0.25) is 5.91 Å². The molecule has 1 aliphatic rings. The molecule has 2 aromatic rings. The Morgan fingerprint density at radius 2 is 2.10 bits per heavy atom. The van der Waals surface area contributed by atoms with E-state index in [2.05, 4.69) is 16.7 Å². The third-order valence-corrected chi connectivity index (χ3v) is 5.49. The molecule has 3 nitrogen and oxygen atoms in total. The minimum absolute atomic E-state index is 0.0364. The third kappa shape index (κ3) is 2.27. The van der Waals surface area contributed by atoms with Crippen molar-refractivity contribution < 1.29 is 4.79 Å². The number of hydrogen-bond acceptors (Lipinski definition) is 3. The number of carbonyl (C=O) groups is 1. The molecule has 0 fully saturated rings. The fourth-order valence-corrected chi connectivity index (χ4v) is 4.03. The van der Waals surface area contributed by atoms with Gasteiger partial charge in [0.05, 0.1) is 16.5 Å². The Labute approximate surface area is 133 Å². The zero-order valence-electron chi connectivity index (χ0n) is 12.2. The quantitative estimate of drug-likeness (QED) is 0.899. The van der Waals surface area contributed by atoms with Crippen LogP contribution in [0.1, 0.15) is 35.9 Å². The van der Waals surface area contributed by atoms with Crippen molar-refractivity contribution in [1.29, 1.82) is 0 Å². The molecule has 1 atom stereocenters. The van der Waals surface area contributed by atoms with E-state index in [1.807, 2.05) is 44.5 Å². The number of halogens is 1. The summed E-state index contributed by atoms with van der Waals surface area (Å²) in [4.78, 5) is 13.1. The van der Waals surface area contributed by atoms with Crippen molar-refractivity contribution in [3.05, 3.63) is 50.7 Å². The third-order valence-electron chi connectivity index (χ3n) is 4.06. The average molecular weight is 321 g/mol. The van der Waals surface area contributed by atoms with Gasteiger partial charge in [-0.3, -0.25) is 4.79 Å². The van der Waals surface area contributed by atoms with E-state index < -0.39 is 5.41 Å². The Balaban J connectivity index is 2.07. The lowest BCUT2D eigenvalue weighted by Gasteiger charge is -2.20. The van der Waals surface area contributed by atoms with E-state index >= 15 is 0 Å². The Morgan fingerprint density at radius 1 is 1.33 bits per heavy atom. The van der Waals surface area contributed by atoms with Gasteiger partial charge < -0.3 is 10.6 Å². The van der Waals surface area contributed by atoms with Crippen LogP contribution in [-0.4, -0.2) is 13.0 Å². The summed E-state index contributed by atoms with van der Waals surface area (Å²) in [5, 5.41) is 9.01. The van der Waals surface area contributed by atoms with Crippen molar-refractivity contribution in [2.45, 2.75) is 25.3 Å². The summed E-state index contributed by atoms with van der Waals surface area (Å²) in [7, 11) is 1.92. The summed E-state index contributed by atoms with van der Waals surface area (Å²) in [6.07, 6.45) is 0. The predicted octanol–water partition coefficient (Wildman–Crippen LogP) is 3.94. The minimum Gasteiger partial charge on any atom is -0.325 e. The van der Waals surface area contributed by atoms with Gasteiger partial charge in [0, 0.05) is 10.6 Å². The van der Waals surface area contributed by atoms with Gasteiger partial charge in [-0.2, -0.15) is 0 Å². The van der Waals surface area contributed by atoms with Gasteiger partial charge in [-0.25, -0.2) is 0 Å². The Kier molecular flexibility index (Phi) is 3.56. The molecular weight excluding hydrogens is 304 g/mol. The molecule has 5 heteroatoms. The van der Waals surface area contributed by atoms with Crippen LogP contribution in [0.2, 0.25) is 5.02 Å². The predicted molar refractivity (Wildman–Crippen MR) is 88.3 cm³/mol. The molecule has 3 rings (SSSR count).